The molecule has 1 aromatic rings. The number of ether oxygens (including phenoxy) is 1. The predicted octanol–water partition coefficient (Wildman–Crippen LogP) is 1.96. The van der Waals surface area contributed by atoms with Crippen LogP contribution in [0.5, 0.6) is 11.5 Å². The molecule has 7 nitrogen and oxygen atoms in total. The zero-order valence-electron chi connectivity index (χ0n) is 13.4. The number of carbonyl (C=O) groups excluding carboxylic acids is 3. The number of phenols is 1. The fourth-order valence-electron chi connectivity index (χ4n) is 2.05. The van der Waals surface area contributed by atoms with E-state index in [0.717, 1.165) is 23.1 Å². The highest BCUT2D eigenvalue weighted by Gasteiger charge is 2.36. The Bertz CT molecular complexity index is 702. The van der Waals surface area contributed by atoms with E-state index in [1.54, 1.807) is 12.1 Å². The number of benzene rings is 1. The molecule has 0 saturated carbocycles. The lowest BCUT2D eigenvalue weighted by molar-refractivity contribution is -0.129. The third-order valence-electron chi connectivity index (χ3n) is 3.25. The van der Waals surface area contributed by atoms with E-state index in [-0.39, 0.29) is 23.1 Å². The Morgan fingerprint density at radius 2 is 2.17 bits per heavy atom. The van der Waals surface area contributed by atoms with Gasteiger partial charge >= 0.3 is 0 Å². The number of amides is 3. The van der Waals surface area contributed by atoms with E-state index in [4.69, 9.17) is 4.74 Å². The third-order valence-corrected chi connectivity index (χ3v) is 4.16. The van der Waals surface area contributed by atoms with Crippen LogP contribution >= 0.6 is 11.8 Å². The highest BCUT2D eigenvalue weighted by atomic mass is 32.2. The molecule has 3 amide bonds. The molecule has 1 aliphatic rings. The number of nitrogens with zero attached hydrogens (tertiary/aromatic N) is 1. The van der Waals surface area contributed by atoms with Gasteiger partial charge in [0.2, 0.25) is 5.91 Å². The van der Waals surface area contributed by atoms with E-state index in [0.29, 0.717) is 17.9 Å². The number of imide groups is 1. The molecule has 2 N–H and O–H groups in total. The zero-order chi connectivity index (χ0) is 17.7. The van der Waals surface area contributed by atoms with Gasteiger partial charge in [-0.1, -0.05) is 13.0 Å². The van der Waals surface area contributed by atoms with Crippen LogP contribution in [0, 0.1) is 0 Å². The maximum Gasteiger partial charge on any atom is 0.294 e. The maximum atomic E-state index is 12.3. The summed E-state index contributed by atoms with van der Waals surface area (Å²) in [6.45, 7) is 2.11. The number of nitrogens with one attached hydrogen (secondary N) is 1. The normalized spacial score (nSPS) is 15.9. The van der Waals surface area contributed by atoms with Crippen LogP contribution in [0.15, 0.2) is 23.1 Å². The van der Waals surface area contributed by atoms with Crippen molar-refractivity contribution in [2.75, 3.05) is 20.2 Å². The zero-order valence-corrected chi connectivity index (χ0v) is 14.2. The van der Waals surface area contributed by atoms with Gasteiger partial charge in [-0.15, -0.1) is 0 Å². The number of thioether (sulfide) groups is 1. The van der Waals surface area contributed by atoms with E-state index < -0.39 is 11.1 Å². The fraction of sp³-hybridized carbons (Fsp3) is 0.312. The molecule has 1 aliphatic heterocycles. The molecule has 0 aliphatic carbocycles. The van der Waals surface area contributed by atoms with E-state index in [9.17, 15) is 19.5 Å². The van der Waals surface area contributed by atoms with Gasteiger partial charge in [0.1, 0.15) is 6.54 Å². The summed E-state index contributed by atoms with van der Waals surface area (Å²) in [7, 11) is 1.43. The Morgan fingerprint density at radius 3 is 2.79 bits per heavy atom. The minimum absolute atomic E-state index is 0.0654. The molecule has 1 aromatic carbocycles. The van der Waals surface area contributed by atoms with Crippen molar-refractivity contribution in [1.82, 2.24) is 10.2 Å². The highest BCUT2D eigenvalue weighted by molar-refractivity contribution is 8.18. The maximum absolute atomic E-state index is 12.3. The largest absolute Gasteiger partial charge is 0.504 e. The van der Waals surface area contributed by atoms with Crippen LogP contribution < -0.4 is 10.1 Å². The van der Waals surface area contributed by atoms with Crippen molar-refractivity contribution in [3.8, 4) is 11.5 Å². The second-order valence-electron chi connectivity index (χ2n) is 5.05. The molecular formula is C16H18N2O5S. The third kappa shape index (κ3) is 4.08. The average Bonchev–Trinajstić information content (AvgIpc) is 2.80. The molecule has 0 aromatic heterocycles. The lowest BCUT2D eigenvalue weighted by atomic mass is 10.2. The first-order chi connectivity index (χ1) is 11.5. The Labute approximate surface area is 143 Å². The molecule has 0 bridgehead atoms. The first-order valence-electron chi connectivity index (χ1n) is 7.35. The van der Waals surface area contributed by atoms with Crippen LogP contribution in [0.3, 0.4) is 0 Å². The molecule has 1 heterocycles. The molecule has 0 radical (unpaired) electrons. The minimum atomic E-state index is -0.521. The van der Waals surface area contributed by atoms with Gasteiger partial charge in [0.15, 0.2) is 11.5 Å². The summed E-state index contributed by atoms with van der Waals surface area (Å²) in [6.07, 6.45) is 2.27. The smallest absolute Gasteiger partial charge is 0.294 e. The summed E-state index contributed by atoms with van der Waals surface area (Å²) < 4.78 is 4.95. The van der Waals surface area contributed by atoms with Crippen LogP contribution in [0.25, 0.3) is 6.08 Å². The average molecular weight is 350 g/mol. The van der Waals surface area contributed by atoms with Gasteiger partial charge in [0.05, 0.1) is 12.0 Å². The summed E-state index contributed by atoms with van der Waals surface area (Å²) >= 11 is 0.764. The van der Waals surface area contributed by atoms with Gasteiger partial charge < -0.3 is 15.2 Å². The van der Waals surface area contributed by atoms with Gasteiger partial charge in [-0.05, 0) is 42.0 Å². The van der Waals surface area contributed by atoms with Crippen LogP contribution in [0.2, 0.25) is 0 Å². The Morgan fingerprint density at radius 1 is 1.42 bits per heavy atom. The Balaban J connectivity index is 2.12. The highest BCUT2D eigenvalue weighted by Crippen LogP contribution is 2.33. The van der Waals surface area contributed by atoms with Crippen molar-refractivity contribution in [1.29, 1.82) is 0 Å². The van der Waals surface area contributed by atoms with E-state index in [1.807, 2.05) is 6.92 Å². The topological polar surface area (TPSA) is 95.9 Å². The van der Waals surface area contributed by atoms with Gasteiger partial charge in [0.25, 0.3) is 11.1 Å². The van der Waals surface area contributed by atoms with E-state index in [2.05, 4.69) is 5.32 Å². The molecular weight excluding hydrogens is 332 g/mol. The summed E-state index contributed by atoms with van der Waals surface area (Å²) in [5, 5.41) is 11.9. The Kier molecular flexibility index (Phi) is 5.86. The molecule has 0 unspecified atom stereocenters. The van der Waals surface area contributed by atoms with Gasteiger partial charge in [-0.2, -0.15) is 0 Å². The molecule has 8 heteroatoms. The number of rotatable bonds is 6. The van der Waals surface area contributed by atoms with E-state index in [1.165, 1.54) is 19.3 Å². The summed E-state index contributed by atoms with van der Waals surface area (Å²) in [6, 6.07) is 4.64. The van der Waals surface area contributed by atoms with Crippen LogP contribution in [-0.2, 0) is 9.59 Å². The molecule has 1 fully saturated rings. The predicted molar refractivity (Wildman–Crippen MR) is 90.6 cm³/mol. The van der Waals surface area contributed by atoms with Crippen molar-refractivity contribution in [3.05, 3.63) is 28.7 Å². The molecule has 1 saturated heterocycles. The monoisotopic (exact) mass is 350 g/mol. The molecule has 0 atom stereocenters. The van der Waals surface area contributed by atoms with E-state index >= 15 is 0 Å². The minimum Gasteiger partial charge on any atom is -0.504 e. The van der Waals surface area contributed by atoms with Gasteiger partial charge in [0, 0.05) is 6.54 Å². The van der Waals surface area contributed by atoms with Crippen LogP contribution in [-0.4, -0.2) is 47.3 Å². The number of hydrogen-bond donors (Lipinski definition) is 2. The second-order valence-corrected chi connectivity index (χ2v) is 6.04. The standard InChI is InChI=1S/C16H18N2O5S/c1-3-6-17-14(20)9-18-15(21)13(24-16(18)22)8-10-4-5-12(23-2)11(19)7-10/h4-5,7-8,19H,3,6,9H2,1-2H3,(H,17,20)/b13-8-. The first kappa shape index (κ1) is 17.9. The molecule has 128 valence electrons. The number of hydrogen-bond acceptors (Lipinski definition) is 6. The summed E-state index contributed by atoms with van der Waals surface area (Å²) in [5.41, 5.74) is 0.550. The quantitative estimate of drug-likeness (QED) is 0.762. The van der Waals surface area contributed by atoms with Crippen LogP contribution in [0.1, 0.15) is 18.9 Å². The number of carbonyl (C=O) groups is 3. The number of phenolic OH excluding ortho intramolecular Hbond substituents is 1. The van der Waals surface area contributed by atoms with Gasteiger partial charge in [-0.3, -0.25) is 19.3 Å². The molecule has 0 spiro atoms. The molecule has 24 heavy (non-hydrogen) atoms. The van der Waals surface area contributed by atoms with Crippen molar-refractivity contribution >= 4 is 34.9 Å². The second kappa shape index (κ2) is 7.87. The summed E-state index contributed by atoms with van der Waals surface area (Å²) in [5.74, 6) is -0.647. The lowest BCUT2D eigenvalue weighted by Crippen LogP contribution is -2.39. The Hall–Kier alpha value is -2.48. The molecule has 2 rings (SSSR count). The fourth-order valence-corrected chi connectivity index (χ4v) is 2.89. The van der Waals surface area contributed by atoms with Gasteiger partial charge in [-0.25, -0.2) is 0 Å². The van der Waals surface area contributed by atoms with Crippen molar-refractivity contribution < 1.29 is 24.2 Å². The number of methoxy groups -OCH3 is 1. The van der Waals surface area contributed by atoms with Crippen molar-refractivity contribution in [2.45, 2.75) is 13.3 Å². The van der Waals surface area contributed by atoms with Crippen molar-refractivity contribution in [3.63, 3.8) is 0 Å². The first-order valence-corrected chi connectivity index (χ1v) is 8.17. The summed E-state index contributed by atoms with van der Waals surface area (Å²) in [4.78, 5) is 37.0. The van der Waals surface area contributed by atoms with Crippen molar-refractivity contribution in [2.24, 2.45) is 0 Å². The SMILES string of the molecule is CCCNC(=O)CN1C(=O)S/C(=C\c2ccc(OC)c(O)c2)C1=O. The lowest BCUT2D eigenvalue weighted by Gasteiger charge is -2.11. The van der Waals surface area contributed by atoms with Crippen LogP contribution in [0.4, 0.5) is 4.79 Å². The number of aromatic hydroxyl groups is 1.